The number of alkyl carbamates (subject to hydrolysis) is 1. The quantitative estimate of drug-likeness (QED) is 0.832. The van der Waals surface area contributed by atoms with Gasteiger partial charge in [-0.05, 0) is 19.3 Å². The van der Waals surface area contributed by atoms with Crippen LogP contribution in [0.4, 0.5) is 9.59 Å². The molecule has 2 atom stereocenters. The van der Waals surface area contributed by atoms with Gasteiger partial charge in [0.15, 0.2) is 0 Å². The van der Waals surface area contributed by atoms with Crippen LogP contribution in [0.25, 0.3) is 0 Å². The highest BCUT2D eigenvalue weighted by Gasteiger charge is 2.45. The van der Waals surface area contributed by atoms with Crippen molar-refractivity contribution in [3.8, 4) is 0 Å². The van der Waals surface area contributed by atoms with Crippen LogP contribution in [-0.4, -0.2) is 66.4 Å². The van der Waals surface area contributed by atoms with Crippen LogP contribution in [0, 0.1) is 5.92 Å². The van der Waals surface area contributed by atoms with Gasteiger partial charge in [0, 0.05) is 50.6 Å². The number of amides is 2. The molecule has 4 rings (SSSR count). The Morgan fingerprint density at radius 1 is 1.46 bits per heavy atom. The molecule has 2 unspecified atom stereocenters. The van der Waals surface area contributed by atoms with Gasteiger partial charge in [0.05, 0.1) is 13.2 Å². The Kier molecular flexibility index (Phi) is 3.81. The minimum absolute atomic E-state index is 0.179. The molecule has 3 saturated heterocycles. The van der Waals surface area contributed by atoms with Gasteiger partial charge in [0.1, 0.15) is 5.60 Å². The van der Waals surface area contributed by atoms with Crippen molar-refractivity contribution in [2.75, 3.05) is 32.8 Å². The Hall–Kier alpha value is -1.92. The summed E-state index contributed by atoms with van der Waals surface area (Å²) in [5.74, 6) is 0.435. The van der Waals surface area contributed by atoms with E-state index in [0.29, 0.717) is 19.1 Å². The number of piperidine rings is 1. The number of rotatable bonds is 2. The second-order valence-corrected chi connectivity index (χ2v) is 7.28. The summed E-state index contributed by atoms with van der Waals surface area (Å²) < 4.78 is 10.7. The molecule has 0 aromatic carbocycles. The molecule has 0 radical (unpaired) electrons. The number of fused-ring (bicyclic) bond motifs is 2. The van der Waals surface area contributed by atoms with E-state index < -0.39 is 0 Å². The van der Waals surface area contributed by atoms with Gasteiger partial charge in [0.2, 0.25) is 0 Å². The van der Waals surface area contributed by atoms with Gasteiger partial charge < -0.3 is 24.6 Å². The predicted octanol–water partition coefficient (Wildman–Crippen LogP) is 1.70. The Morgan fingerprint density at radius 2 is 2.25 bits per heavy atom. The maximum Gasteiger partial charge on any atom is 0.410 e. The zero-order valence-corrected chi connectivity index (χ0v) is 14.1. The average molecular weight is 335 g/mol. The maximum absolute atomic E-state index is 12.1. The third kappa shape index (κ3) is 2.70. The Bertz CT molecular complexity index is 568. The van der Waals surface area contributed by atoms with Crippen LogP contribution in [0.15, 0.2) is 11.8 Å². The molecule has 0 aromatic rings. The summed E-state index contributed by atoms with van der Waals surface area (Å²) >= 11 is 0. The second kappa shape index (κ2) is 5.86. The van der Waals surface area contributed by atoms with Crippen molar-refractivity contribution in [3.63, 3.8) is 0 Å². The highest BCUT2D eigenvalue weighted by molar-refractivity contribution is 5.70. The fourth-order valence-corrected chi connectivity index (χ4v) is 4.50. The normalized spacial score (nSPS) is 30.9. The number of ether oxygens (including phenoxy) is 2. The van der Waals surface area contributed by atoms with E-state index in [1.165, 1.54) is 5.70 Å². The number of hydrogen-bond acceptors (Lipinski definition) is 5. The standard InChI is InChI=1S/C17H25N3O4/c1-2-23-16(22)20-10-12-7-13(9-14(20)8-12)19-5-3-17(4-6-19)11-18-15(21)24-17/h7,12,14H,2-6,8-11H2,1H3,(H,18,21). The predicted molar refractivity (Wildman–Crippen MR) is 86.3 cm³/mol. The molecule has 24 heavy (non-hydrogen) atoms. The molecule has 4 aliphatic rings. The van der Waals surface area contributed by atoms with Crippen molar-refractivity contribution in [1.29, 1.82) is 0 Å². The van der Waals surface area contributed by atoms with Crippen LogP contribution in [-0.2, 0) is 9.47 Å². The van der Waals surface area contributed by atoms with Crippen LogP contribution in [0.1, 0.15) is 32.6 Å². The number of likely N-dealkylation sites (tertiary alicyclic amines) is 2. The van der Waals surface area contributed by atoms with E-state index in [-0.39, 0.29) is 23.8 Å². The molecular weight excluding hydrogens is 310 g/mol. The third-order valence-electron chi connectivity index (χ3n) is 5.77. The van der Waals surface area contributed by atoms with Gasteiger partial charge >= 0.3 is 12.2 Å². The monoisotopic (exact) mass is 335 g/mol. The van der Waals surface area contributed by atoms with E-state index in [9.17, 15) is 9.59 Å². The first-order valence-electron chi connectivity index (χ1n) is 8.94. The largest absolute Gasteiger partial charge is 0.450 e. The van der Waals surface area contributed by atoms with Crippen molar-refractivity contribution < 1.29 is 19.1 Å². The molecule has 3 heterocycles. The molecule has 2 amide bonds. The number of nitrogens with one attached hydrogen (secondary N) is 1. The lowest BCUT2D eigenvalue weighted by molar-refractivity contribution is 0.00697. The molecule has 1 N–H and O–H groups in total. The van der Waals surface area contributed by atoms with Crippen molar-refractivity contribution in [3.05, 3.63) is 11.8 Å². The van der Waals surface area contributed by atoms with E-state index in [4.69, 9.17) is 9.47 Å². The summed E-state index contributed by atoms with van der Waals surface area (Å²) in [7, 11) is 0. The molecule has 2 bridgehead atoms. The molecule has 3 fully saturated rings. The Labute approximate surface area is 141 Å². The SMILES string of the molecule is CCOC(=O)N1CC2C=C(N3CCC4(CC3)CNC(=O)O4)CC1C2. The van der Waals surface area contributed by atoms with Crippen LogP contribution in [0.5, 0.6) is 0 Å². The minimum Gasteiger partial charge on any atom is -0.450 e. The number of carbonyl (C=O) groups is 2. The highest BCUT2D eigenvalue weighted by Crippen LogP contribution is 2.38. The first-order chi connectivity index (χ1) is 11.6. The molecule has 0 aromatic heterocycles. The topological polar surface area (TPSA) is 71.1 Å². The Morgan fingerprint density at radius 3 is 2.92 bits per heavy atom. The van der Waals surface area contributed by atoms with Crippen LogP contribution < -0.4 is 5.32 Å². The molecule has 0 saturated carbocycles. The summed E-state index contributed by atoms with van der Waals surface area (Å²) in [5, 5.41) is 2.78. The molecule has 1 spiro atoms. The van der Waals surface area contributed by atoms with Crippen molar-refractivity contribution in [2.24, 2.45) is 5.92 Å². The average Bonchev–Trinajstić information content (AvgIpc) is 3.08. The Balaban J connectivity index is 1.37. The number of hydrogen-bond donors (Lipinski definition) is 1. The summed E-state index contributed by atoms with van der Waals surface area (Å²) in [4.78, 5) is 27.7. The van der Waals surface area contributed by atoms with Gasteiger partial charge in [-0.15, -0.1) is 0 Å². The molecule has 7 nitrogen and oxygen atoms in total. The van der Waals surface area contributed by atoms with E-state index in [1.807, 2.05) is 11.8 Å². The minimum atomic E-state index is -0.307. The summed E-state index contributed by atoms with van der Waals surface area (Å²) in [6.45, 7) is 5.47. The molecule has 3 aliphatic heterocycles. The number of carbonyl (C=O) groups excluding carboxylic acids is 2. The van der Waals surface area contributed by atoms with Gasteiger partial charge in [0.25, 0.3) is 0 Å². The van der Waals surface area contributed by atoms with E-state index in [1.54, 1.807) is 0 Å². The first-order valence-corrected chi connectivity index (χ1v) is 8.94. The summed E-state index contributed by atoms with van der Waals surface area (Å²) in [6.07, 6.45) is 5.54. The third-order valence-corrected chi connectivity index (χ3v) is 5.77. The van der Waals surface area contributed by atoms with E-state index in [0.717, 1.165) is 45.3 Å². The fourth-order valence-electron chi connectivity index (χ4n) is 4.50. The molecule has 1 aliphatic carbocycles. The highest BCUT2D eigenvalue weighted by atomic mass is 16.6. The van der Waals surface area contributed by atoms with Crippen LogP contribution in [0.3, 0.4) is 0 Å². The molecule has 132 valence electrons. The lowest BCUT2D eigenvalue weighted by Gasteiger charge is -2.41. The van der Waals surface area contributed by atoms with Gasteiger partial charge in [-0.1, -0.05) is 6.08 Å². The fraction of sp³-hybridized carbons (Fsp3) is 0.765. The van der Waals surface area contributed by atoms with Gasteiger partial charge in [-0.25, -0.2) is 9.59 Å². The van der Waals surface area contributed by atoms with E-state index >= 15 is 0 Å². The first kappa shape index (κ1) is 15.6. The zero-order chi connectivity index (χ0) is 16.7. The van der Waals surface area contributed by atoms with E-state index in [2.05, 4.69) is 16.3 Å². The van der Waals surface area contributed by atoms with Crippen LogP contribution in [0.2, 0.25) is 0 Å². The lowest BCUT2D eigenvalue weighted by Crippen LogP contribution is -2.47. The maximum atomic E-state index is 12.1. The van der Waals surface area contributed by atoms with Crippen molar-refractivity contribution in [1.82, 2.24) is 15.1 Å². The van der Waals surface area contributed by atoms with Gasteiger partial charge in [-0.3, -0.25) is 0 Å². The molecular formula is C17H25N3O4. The van der Waals surface area contributed by atoms with Crippen molar-refractivity contribution in [2.45, 2.75) is 44.2 Å². The second-order valence-electron chi connectivity index (χ2n) is 7.28. The lowest BCUT2D eigenvalue weighted by atomic mass is 9.89. The number of nitrogens with zero attached hydrogens (tertiary/aromatic N) is 2. The van der Waals surface area contributed by atoms with Crippen LogP contribution >= 0.6 is 0 Å². The van der Waals surface area contributed by atoms with Gasteiger partial charge in [-0.2, -0.15) is 0 Å². The zero-order valence-electron chi connectivity index (χ0n) is 14.1. The summed E-state index contributed by atoms with van der Waals surface area (Å²) in [5.41, 5.74) is 1.04. The summed E-state index contributed by atoms with van der Waals surface area (Å²) in [6, 6.07) is 0.260. The smallest absolute Gasteiger partial charge is 0.410 e. The van der Waals surface area contributed by atoms with Crippen molar-refractivity contribution >= 4 is 12.2 Å². The molecule has 7 heteroatoms.